The number of carboxylic acid groups (broad SMARTS) is 1. The molecule has 0 amide bonds. The van der Waals surface area contributed by atoms with Crippen LogP contribution < -0.4 is 10.4 Å². The highest BCUT2D eigenvalue weighted by molar-refractivity contribution is 7.99. The molecular formula is C16H20BN3O4S. The Morgan fingerprint density at radius 2 is 2.36 bits per heavy atom. The predicted octanol–water partition coefficient (Wildman–Crippen LogP) is 1.23. The Balaban J connectivity index is 1.52. The van der Waals surface area contributed by atoms with Crippen LogP contribution in [0.2, 0.25) is 5.82 Å². The van der Waals surface area contributed by atoms with E-state index < -0.39 is 13.1 Å². The van der Waals surface area contributed by atoms with E-state index in [1.807, 2.05) is 17.0 Å². The number of aliphatic imine (C=N–C) groups is 1. The summed E-state index contributed by atoms with van der Waals surface area (Å²) in [5.74, 6) is 0.896. The number of thioether (sulfide) groups is 1. The van der Waals surface area contributed by atoms with E-state index in [1.54, 1.807) is 0 Å². The van der Waals surface area contributed by atoms with Crippen LogP contribution in [0.5, 0.6) is 5.75 Å². The zero-order valence-electron chi connectivity index (χ0n) is 13.7. The largest absolute Gasteiger partial charge is 0.535 e. The van der Waals surface area contributed by atoms with Crippen molar-refractivity contribution >= 4 is 30.8 Å². The van der Waals surface area contributed by atoms with E-state index in [9.17, 15) is 14.9 Å². The third-order valence-corrected chi connectivity index (χ3v) is 6.05. The van der Waals surface area contributed by atoms with Crippen molar-refractivity contribution in [3.8, 4) is 5.75 Å². The van der Waals surface area contributed by atoms with E-state index in [0.717, 1.165) is 31.5 Å². The molecule has 4 rings (SSSR count). The molecule has 1 saturated carbocycles. The van der Waals surface area contributed by atoms with Gasteiger partial charge in [0.15, 0.2) is 5.96 Å². The third-order valence-electron chi connectivity index (χ3n) is 5.01. The van der Waals surface area contributed by atoms with Gasteiger partial charge in [-0.05, 0) is 30.4 Å². The van der Waals surface area contributed by atoms with Gasteiger partial charge in [0.2, 0.25) is 0 Å². The molecule has 0 bridgehead atoms. The van der Waals surface area contributed by atoms with Gasteiger partial charge < -0.3 is 25.4 Å². The molecule has 1 aromatic carbocycles. The number of aromatic carboxylic acids is 1. The van der Waals surface area contributed by atoms with Crippen LogP contribution in [-0.2, 0) is 0 Å². The highest BCUT2D eigenvalue weighted by Crippen LogP contribution is 2.60. The predicted molar refractivity (Wildman–Crippen MR) is 96.5 cm³/mol. The molecule has 1 aliphatic carbocycles. The van der Waals surface area contributed by atoms with E-state index in [2.05, 4.69) is 4.99 Å². The topological polar surface area (TPSA) is 108 Å². The Morgan fingerprint density at radius 1 is 1.52 bits per heavy atom. The molecule has 2 heterocycles. The Morgan fingerprint density at radius 3 is 3.12 bits per heavy atom. The summed E-state index contributed by atoms with van der Waals surface area (Å²) in [7, 11) is -0.903. The molecule has 0 saturated heterocycles. The third kappa shape index (κ3) is 3.06. The lowest BCUT2D eigenvalue weighted by molar-refractivity contribution is 0.0690. The summed E-state index contributed by atoms with van der Waals surface area (Å²) in [6, 6.07) is 3.80. The average molecular weight is 361 g/mol. The van der Waals surface area contributed by atoms with Gasteiger partial charge in [-0.15, -0.1) is 11.8 Å². The van der Waals surface area contributed by atoms with Crippen LogP contribution in [-0.4, -0.2) is 59.5 Å². The zero-order chi connectivity index (χ0) is 17.6. The number of hydrogen-bond donors (Lipinski definition) is 3. The molecule has 2 atom stereocenters. The van der Waals surface area contributed by atoms with Gasteiger partial charge in [0.05, 0.1) is 0 Å². The van der Waals surface area contributed by atoms with E-state index in [0.29, 0.717) is 28.9 Å². The maximum Gasteiger partial charge on any atom is 0.526 e. The lowest BCUT2D eigenvalue weighted by Gasteiger charge is -2.26. The van der Waals surface area contributed by atoms with Crippen LogP contribution in [0, 0.1) is 0 Å². The quantitative estimate of drug-likeness (QED) is 0.535. The van der Waals surface area contributed by atoms with Gasteiger partial charge in [-0.25, -0.2) is 4.79 Å². The minimum absolute atomic E-state index is 0.106. The summed E-state index contributed by atoms with van der Waals surface area (Å²) in [4.78, 5) is 18.7. The van der Waals surface area contributed by atoms with Crippen LogP contribution in [0.1, 0.15) is 34.7 Å². The minimum Gasteiger partial charge on any atom is -0.535 e. The maximum absolute atomic E-state index is 11.8. The van der Waals surface area contributed by atoms with Gasteiger partial charge in [-0.2, -0.15) is 0 Å². The smallest absolute Gasteiger partial charge is 0.526 e. The first-order chi connectivity index (χ1) is 12.1. The molecule has 0 radical (unpaired) electrons. The Bertz CT molecular complexity index is 744. The molecule has 4 N–H and O–H groups in total. The molecule has 1 fully saturated rings. The van der Waals surface area contributed by atoms with Gasteiger partial charge >= 0.3 is 13.1 Å². The van der Waals surface area contributed by atoms with Crippen LogP contribution in [0.15, 0.2) is 22.0 Å². The average Bonchev–Trinajstić information content (AvgIpc) is 3.37. The molecule has 0 unspecified atom stereocenters. The number of benzene rings is 1. The summed E-state index contributed by atoms with van der Waals surface area (Å²) in [5.41, 5.74) is 6.95. The number of carboxylic acids is 1. The van der Waals surface area contributed by atoms with Crippen molar-refractivity contribution in [1.82, 2.24) is 4.90 Å². The first-order valence-corrected chi connectivity index (χ1v) is 9.47. The van der Waals surface area contributed by atoms with Crippen molar-refractivity contribution in [2.45, 2.75) is 29.5 Å². The molecule has 25 heavy (non-hydrogen) atoms. The lowest BCUT2D eigenvalue weighted by Crippen LogP contribution is -2.42. The van der Waals surface area contributed by atoms with Crippen LogP contribution in [0.25, 0.3) is 0 Å². The van der Waals surface area contributed by atoms with E-state index in [4.69, 9.17) is 10.4 Å². The molecule has 0 aromatic heterocycles. The van der Waals surface area contributed by atoms with E-state index in [-0.39, 0.29) is 17.3 Å². The van der Waals surface area contributed by atoms with Crippen molar-refractivity contribution in [3.05, 3.63) is 23.3 Å². The molecule has 1 aromatic rings. The van der Waals surface area contributed by atoms with Crippen LogP contribution in [0.4, 0.5) is 0 Å². The molecule has 132 valence electrons. The van der Waals surface area contributed by atoms with Gasteiger partial charge in [-0.1, -0.05) is 6.07 Å². The minimum atomic E-state index is -1.02. The molecular weight excluding hydrogens is 341 g/mol. The normalized spacial score (nSPS) is 24.1. The highest BCUT2D eigenvalue weighted by Gasteiger charge is 2.54. The summed E-state index contributed by atoms with van der Waals surface area (Å²) in [6.07, 6.45) is 1.84. The molecule has 2 aliphatic heterocycles. The van der Waals surface area contributed by atoms with Crippen molar-refractivity contribution in [2.24, 2.45) is 10.7 Å². The molecule has 3 aliphatic rings. The van der Waals surface area contributed by atoms with Crippen molar-refractivity contribution in [3.63, 3.8) is 0 Å². The number of fused-ring (bicyclic) bond motifs is 3. The Kier molecular flexibility index (Phi) is 4.29. The van der Waals surface area contributed by atoms with Gasteiger partial charge in [0, 0.05) is 36.1 Å². The molecule has 0 spiro atoms. The first kappa shape index (κ1) is 16.6. The van der Waals surface area contributed by atoms with Crippen molar-refractivity contribution in [1.29, 1.82) is 0 Å². The van der Waals surface area contributed by atoms with Crippen molar-refractivity contribution in [2.75, 3.05) is 25.4 Å². The van der Waals surface area contributed by atoms with Gasteiger partial charge in [-0.3, -0.25) is 4.99 Å². The SMILES string of the molecule is NC1=NCCCN1CCSc1ccc2c(c1C(=O)O)OB(O)[C@@H]1C[C@H]21. The summed E-state index contributed by atoms with van der Waals surface area (Å²) in [5, 5.41) is 19.7. The monoisotopic (exact) mass is 361 g/mol. The maximum atomic E-state index is 11.8. The van der Waals surface area contributed by atoms with Crippen LogP contribution in [0.3, 0.4) is 0 Å². The second-order valence-electron chi connectivity index (χ2n) is 6.61. The Hall–Kier alpha value is -1.87. The van der Waals surface area contributed by atoms with E-state index in [1.165, 1.54) is 11.8 Å². The van der Waals surface area contributed by atoms with Crippen molar-refractivity contribution < 1.29 is 19.6 Å². The highest BCUT2D eigenvalue weighted by atomic mass is 32.2. The second kappa shape index (κ2) is 6.46. The fourth-order valence-corrected chi connectivity index (χ4v) is 4.60. The standard InChI is InChI=1S/C16H20BN3O4S/c18-16-19-4-1-5-20(16)6-7-25-12-3-2-9-10-8-11(10)17(23)24-14(9)13(12)15(21)22/h2-3,10-11,23H,1,4-8H2,(H2,18,19)(H,21,22)/t10-,11-/m1/s1. The number of carbonyl (C=O) groups is 1. The molecule has 7 nitrogen and oxygen atoms in total. The summed E-state index contributed by atoms with van der Waals surface area (Å²) < 4.78 is 5.54. The van der Waals surface area contributed by atoms with Crippen LogP contribution >= 0.6 is 11.8 Å². The Labute approximate surface area is 150 Å². The number of nitrogens with zero attached hydrogens (tertiary/aromatic N) is 2. The summed E-state index contributed by atoms with van der Waals surface area (Å²) in [6.45, 7) is 2.36. The summed E-state index contributed by atoms with van der Waals surface area (Å²) >= 11 is 1.47. The van der Waals surface area contributed by atoms with E-state index >= 15 is 0 Å². The fourth-order valence-electron chi connectivity index (χ4n) is 3.58. The lowest BCUT2D eigenvalue weighted by atomic mass is 9.77. The molecule has 9 heteroatoms. The first-order valence-electron chi connectivity index (χ1n) is 8.49. The van der Waals surface area contributed by atoms with Gasteiger partial charge in [0.1, 0.15) is 11.3 Å². The second-order valence-corrected chi connectivity index (χ2v) is 7.74. The number of guanidine groups is 1. The fraction of sp³-hybridized carbons (Fsp3) is 0.500. The zero-order valence-corrected chi connectivity index (χ0v) is 14.5. The number of hydrogen-bond acceptors (Lipinski definition) is 7. The number of nitrogens with two attached hydrogens (primary N) is 1. The van der Waals surface area contributed by atoms with Gasteiger partial charge in [0.25, 0.3) is 0 Å². The number of rotatable bonds is 5.